The van der Waals surface area contributed by atoms with E-state index in [1.807, 2.05) is 48.5 Å². The summed E-state index contributed by atoms with van der Waals surface area (Å²) in [5.74, 6) is 2.25. The second-order valence-corrected chi connectivity index (χ2v) is 8.81. The molecule has 0 unspecified atom stereocenters. The molecule has 0 saturated heterocycles. The number of rotatable bonds is 15. The van der Waals surface area contributed by atoms with Gasteiger partial charge in [-0.2, -0.15) is 0 Å². The van der Waals surface area contributed by atoms with Crippen molar-refractivity contribution in [2.45, 2.75) is 39.2 Å². The van der Waals surface area contributed by atoms with Gasteiger partial charge in [0.1, 0.15) is 23.1 Å². The van der Waals surface area contributed by atoms with E-state index >= 15 is 0 Å². The number of unbranched alkanes of at least 4 members (excludes halogenated alkanes) is 3. The fourth-order valence-electron chi connectivity index (χ4n) is 3.97. The maximum absolute atomic E-state index is 13.1. The Morgan fingerprint density at radius 1 is 0.722 bits per heavy atom. The van der Waals surface area contributed by atoms with E-state index in [0.717, 1.165) is 79.4 Å². The van der Waals surface area contributed by atoms with Gasteiger partial charge in [0.2, 0.25) is 0 Å². The van der Waals surface area contributed by atoms with Gasteiger partial charge in [-0.25, -0.2) is 4.39 Å². The van der Waals surface area contributed by atoms with Crippen molar-refractivity contribution in [1.82, 2.24) is 4.90 Å². The Morgan fingerprint density at radius 3 is 2.00 bits per heavy atom. The van der Waals surface area contributed by atoms with Crippen molar-refractivity contribution in [1.29, 1.82) is 0 Å². The molecule has 0 saturated carbocycles. The minimum atomic E-state index is -0.178. The third-order valence-electron chi connectivity index (χ3n) is 6.13. The molecule has 0 aliphatic heterocycles. The van der Waals surface area contributed by atoms with E-state index in [2.05, 4.69) is 30.0 Å². The molecule has 3 aromatic carbocycles. The van der Waals surface area contributed by atoms with Crippen LogP contribution in [0.3, 0.4) is 0 Å². The summed E-state index contributed by atoms with van der Waals surface area (Å²) in [6, 6.07) is 20.8. The van der Waals surface area contributed by atoms with Crippen molar-refractivity contribution in [3.05, 3.63) is 89.2 Å². The molecule has 0 N–H and O–H groups in total. The van der Waals surface area contributed by atoms with Crippen LogP contribution < -0.4 is 14.2 Å². The summed E-state index contributed by atoms with van der Waals surface area (Å²) in [4.78, 5) is 2.41. The van der Waals surface area contributed by atoms with E-state index in [9.17, 15) is 4.39 Å². The highest BCUT2D eigenvalue weighted by molar-refractivity contribution is 5.71. The molecule has 0 spiro atoms. The topological polar surface area (TPSA) is 30.9 Å². The fraction of sp³-hybridized carbons (Fsp3) is 0.355. The quantitative estimate of drug-likeness (QED) is 0.163. The monoisotopic (exact) mass is 491 g/mol. The second kappa shape index (κ2) is 14.9. The van der Waals surface area contributed by atoms with Crippen LogP contribution in [0.5, 0.6) is 17.2 Å². The molecular weight excluding hydrogens is 453 g/mol. The SMILES string of the molecule is CCN(CCCCCCOc1ccc(/C=C/c2cc(OC)cc(OC)c2)cc1)Cc1ccc(F)cc1. The highest BCUT2D eigenvalue weighted by Gasteiger charge is 2.04. The summed E-state index contributed by atoms with van der Waals surface area (Å²) in [5, 5.41) is 0. The maximum atomic E-state index is 13.1. The molecule has 3 rings (SSSR count). The Hall–Kier alpha value is -3.31. The van der Waals surface area contributed by atoms with Gasteiger partial charge in [-0.05, 0) is 79.0 Å². The zero-order chi connectivity index (χ0) is 25.6. The smallest absolute Gasteiger partial charge is 0.123 e. The first-order chi connectivity index (χ1) is 17.6. The Labute approximate surface area is 215 Å². The van der Waals surface area contributed by atoms with Gasteiger partial charge in [0.15, 0.2) is 0 Å². The van der Waals surface area contributed by atoms with Crippen LogP contribution in [0, 0.1) is 5.82 Å². The lowest BCUT2D eigenvalue weighted by molar-refractivity contribution is 0.267. The van der Waals surface area contributed by atoms with Crippen molar-refractivity contribution in [3.8, 4) is 17.2 Å². The highest BCUT2D eigenvalue weighted by Crippen LogP contribution is 2.24. The number of halogens is 1. The Morgan fingerprint density at radius 2 is 1.36 bits per heavy atom. The molecule has 4 nitrogen and oxygen atoms in total. The molecular formula is C31H38FNO3. The number of hydrogen-bond acceptors (Lipinski definition) is 4. The van der Waals surface area contributed by atoms with Crippen LogP contribution in [-0.2, 0) is 6.54 Å². The Kier molecular flexibility index (Phi) is 11.3. The molecule has 36 heavy (non-hydrogen) atoms. The highest BCUT2D eigenvalue weighted by atomic mass is 19.1. The molecule has 0 amide bonds. The molecule has 0 fully saturated rings. The zero-order valence-corrected chi connectivity index (χ0v) is 21.7. The predicted octanol–water partition coefficient (Wildman–Crippen LogP) is 7.47. The summed E-state index contributed by atoms with van der Waals surface area (Å²) < 4.78 is 29.7. The lowest BCUT2D eigenvalue weighted by atomic mass is 10.1. The lowest BCUT2D eigenvalue weighted by Gasteiger charge is -2.20. The minimum absolute atomic E-state index is 0.178. The molecule has 0 heterocycles. The first-order valence-electron chi connectivity index (χ1n) is 12.7. The second-order valence-electron chi connectivity index (χ2n) is 8.81. The van der Waals surface area contributed by atoms with Gasteiger partial charge in [-0.1, -0.05) is 56.2 Å². The standard InChI is InChI=1S/C31H38FNO3/c1-4-33(24-26-11-15-28(32)16-12-26)19-7-5-6-8-20-36-29-17-13-25(14-18-29)9-10-27-21-30(34-2)23-31(22-27)35-3/h9-18,21-23H,4-8,19-20,24H2,1-3H3/b10-9+. The van der Waals surface area contributed by atoms with E-state index in [-0.39, 0.29) is 5.82 Å². The molecule has 5 heteroatoms. The van der Waals surface area contributed by atoms with Crippen molar-refractivity contribution in [2.24, 2.45) is 0 Å². The van der Waals surface area contributed by atoms with E-state index in [0.29, 0.717) is 0 Å². The summed E-state index contributed by atoms with van der Waals surface area (Å²) in [7, 11) is 3.30. The normalized spacial score (nSPS) is 11.2. The van der Waals surface area contributed by atoms with E-state index in [1.54, 1.807) is 14.2 Å². The van der Waals surface area contributed by atoms with Crippen molar-refractivity contribution in [3.63, 3.8) is 0 Å². The summed E-state index contributed by atoms with van der Waals surface area (Å²) in [6.07, 6.45) is 8.65. The van der Waals surface area contributed by atoms with E-state index in [1.165, 1.54) is 18.6 Å². The average Bonchev–Trinajstić information content (AvgIpc) is 2.92. The molecule has 0 aliphatic rings. The van der Waals surface area contributed by atoms with Gasteiger partial charge < -0.3 is 14.2 Å². The van der Waals surface area contributed by atoms with E-state index in [4.69, 9.17) is 14.2 Å². The Balaban J connectivity index is 1.33. The third kappa shape index (κ3) is 9.38. The number of hydrogen-bond donors (Lipinski definition) is 0. The summed E-state index contributed by atoms with van der Waals surface area (Å²) in [6.45, 7) is 5.84. The van der Waals surface area contributed by atoms with E-state index < -0.39 is 0 Å². The number of benzene rings is 3. The average molecular weight is 492 g/mol. The zero-order valence-electron chi connectivity index (χ0n) is 21.7. The maximum Gasteiger partial charge on any atom is 0.123 e. The van der Waals surface area contributed by atoms with Gasteiger partial charge in [0.25, 0.3) is 0 Å². The number of methoxy groups -OCH3 is 2. The molecule has 3 aromatic rings. The van der Waals surface area contributed by atoms with Gasteiger partial charge in [-0.15, -0.1) is 0 Å². The lowest BCUT2D eigenvalue weighted by Crippen LogP contribution is -2.24. The number of ether oxygens (including phenoxy) is 3. The summed E-state index contributed by atoms with van der Waals surface area (Å²) in [5.41, 5.74) is 3.28. The van der Waals surface area contributed by atoms with Crippen LogP contribution in [-0.4, -0.2) is 38.8 Å². The molecule has 0 aromatic heterocycles. The van der Waals surface area contributed by atoms with Gasteiger partial charge in [0, 0.05) is 12.6 Å². The van der Waals surface area contributed by atoms with Crippen LogP contribution in [0.1, 0.15) is 49.3 Å². The molecule has 0 radical (unpaired) electrons. The Bertz CT molecular complexity index is 1040. The van der Waals surface area contributed by atoms with Crippen LogP contribution in [0.15, 0.2) is 66.7 Å². The van der Waals surface area contributed by atoms with Crippen molar-refractivity contribution in [2.75, 3.05) is 33.9 Å². The first-order valence-corrected chi connectivity index (χ1v) is 12.7. The first kappa shape index (κ1) is 27.3. The fourth-order valence-corrected chi connectivity index (χ4v) is 3.97. The van der Waals surface area contributed by atoms with Gasteiger partial charge in [0.05, 0.1) is 20.8 Å². The van der Waals surface area contributed by atoms with Gasteiger partial charge >= 0.3 is 0 Å². The molecule has 0 bridgehead atoms. The summed E-state index contributed by atoms with van der Waals surface area (Å²) >= 11 is 0. The molecule has 192 valence electrons. The van der Waals surface area contributed by atoms with Crippen LogP contribution in [0.2, 0.25) is 0 Å². The minimum Gasteiger partial charge on any atom is -0.497 e. The van der Waals surface area contributed by atoms with Crippen LogP contribution in [0.25, 0.3) is 12.2 Å². The molecule has 0 atom stereocenters. The number of nitrogens with zero attached hydrogens (tertiary/aromatic N) is 1. The van der Waals surface area contributed by atoms with Crippen molar-refractivity contribution < 1.29 is 18.6 Å². The predicted molar refractivity (Wildman–Crippen MR) is 146 cm³/mol. The van der Waals surface area contributed by atoms with Crippen LogP contribution >= 0.6 is 0 Å². The molecule has 0 aliphatic carbocycles. The van der Waals surface area contributed by atoms with Gasteiger partial charge in [-0.3, -0.25) is 4.90 Å². The van der Waals surface area contributed by atoms with Crippen molar-refractivity contribution >= 4 is 12.2 Å². The third-order valence-corrected chi connectivity index (χ3v) is 6.13. The largest absolute Gasteiger partial charge is 0.497 e. The van der Waals surface area contributed by atoms with Crippen LogP contribution in [0.4, 0.5) is 4.39 Å².